The van der Waals surface area contributed by atoms with Crippen molar-refractivity contribution in [3.05, 3.63) is 47.0 Å². The lowest BCUT2D eigenvalue weighted by molar-refractivity contribution is -0.162. The van der Waals surface area contributed by atoms with Crippen LogP contribution in [0, 0.1) is 16.7 Å². The molecule has 2 aromatic heterocycles. The summed E-state index contributed by atoms with van der Waals surface area (Å²) in [5, 5.41) is 2.82. The van der Waals surface area contributed by atoms with E-state index in [1.54, 1.807) is 18.2 Å². The van der Waals surface area contributed by atoms with Gasteiger partial charge in [0.2, 0.25) is 16.9 Å². The highest BCUT2D eigenvalue weighted by Gasteiger charge is 2.65. The summed E-state index contributed by atoms with van der Waals surface area (Å²) in [6.45, 7) is 0. The maximum atomic E-state index is 12.8. The summed E-state index contributed by atoms with van der Waals surface area (Å²) in [6, 6.07) is 7.61. The molecule has 6 N–H and O–H groups in total. The van der Waals surface area contributed by atoms with Gasteiger partial charge in [-0.25, -0.2) is 9.71 Å². The molecule has 38 heavy (non-hydrogen) atoms. The molecule has 2 bridgehead atoms. The molecule has 5 aliphatic rings. The third-order valence-electron chi connectivity index (χ3n) is 8.72. The van der Waals surface area contributed by atoms with Crippen LogP contribution in [-0.2, 0) is 20.4 Å². The number of rotatable bonds is 6. The molecule has 3 aromatic rings. The molecule has 11 nitrogen and oxygen atoms in total. The topological polar surface area (TPSA) is 184 Å². The zero-order valence-electron chi connectivity index (χ0n) is 20.3. The fourth-order valence-electron chi connectivity index (χ4n) is 7.09. The Hall–Kier alpha value is -2.93. The molecule has 1 aromatic carbocycles. The molecule has 5 saturated carbocycles. The van der Waals surface area contributed by atoms with E-state index in [1.165, 1.54) is 6.07 Å². The van der Waals surface area contributed by atoms with E-state index >= 15 is 0 Å². The third-order valence-corrected chi connectivity index (χ3v) is 10.2. The number of aromatic nitrogens is 1. The molecule has 0 aliphatic heterocycles. The Labute approximate surface area is 222 Å². The van der Waals surface area contributed by atoms with Crippen molar-refractivity contribution in [1.29, 1.82) is 0 Å². The summed E-state index contributed by atoms with van der Waals surface area (Å²) < 4.78 is 38.5. The van der Waals surface area contributed by atoms with Crippen molar-refractivity contribution in [3.8, 4) is 0 Å². The number of hydrogen-bond acceptors (Lipinski definition) is 9. The van der Waals surface area contributed by atoms with Gasteiger partial charge in [-0.15, -0.1) is 0 Å². The molecule has 2 heterocycles. The number of fused-ring (bicyclic) bond motifs is 1. The van der Waals surface area contributed by atoms with Crippen LogP contribution in [0.2, 0.25) is 5.02 Å². The van der Waals surface area contributed by atoms with Gasteiger partial charge in [0, 0.05) is 5.02 Å². The number of benzene rings is 1. The maximum Gasteiger partial charge on any atom is 0.297 e. The van der Waals surface area contributed by atoms with Gasteiger partial charge in [-0.2, -0.15) is 8.42 Å². The second-order valence-electron chi connectivity index (χ2n) is 11.9. The average molecular weight is 560 g/mol. The summed E-state index contributed by atoms with van der Waals surface area (Å²) in [5.74, 6) is -0.380. The molecular weight excluding hydrogens is 534 g/mol. The van der Waals surface area contributed by atoms with Gasteiger partial charge in [0.25, 0.3) is 15.9 Å². The van der Waals surface area contributed by atoms with E-state index < -0.39 is 43.5 Å². The van der Waals surface area contributed by atoms with Crippen molar-refractivity contribution in [2.75, 3.05) is 0 Å². The number of nitrogens with two attached hydrogens (primary N) is 2. The van der Waals surface area contributed by atoms with Crippen molar-refractivity contribution in [1.82, 2.24) is 15.0 Å². The van der Waals surface area contributed by atoms with Crippen LogP contribution in [0.5, 0.6) is 0 Å². The molecule has 5 fully saturated rings. The molecular formula is C25H26ClN5O6S. The van der Waals surface area contributed by atoms with E-state index in [0.29, 0.717) is 53.6 Å². The number of nitrogens with zero attached hydrogens (tertiary/aromatic N) is 1. The molecule has 8 rings (SSSR count). The van der Waals surface area contributed by atoms with E-state index in [1.807, 2.05) is 0 Å². The number of furan rings is 1. The quantitative estimate of drug-likeness (QED) is 0.329. The molecule has 2 amide bonds. The smallest absolute Gasteiger partial charge is 0.297 e. The Bertz CT molecular complexity index is 1610. The lowest BCUT2D eigenvalue weighted by Gasteiger charge is -2.64. The number of carbonyl (C=O) groups is 2. The van der Waals surface area contributed by atoms with E-state index in [0.717, 1.165) is 25.3 Å². The lowest BCUT2D eigenvalue weighted by Crippen LogP contribution is -2.73. The summed E-state index contributed by atoms with van der Waals surface area (Å²) in [6.07, 6.45) is 4.32. The van der Waals surface area contributed by atoms with Crippen molar-refractivity contribution >= 4 is 44.5 Å². The first-order chi connectivity index (χ1) is 17.8. The first kappa shape index (κ1) is 24.1. The highest BCUT2D eigenvalue weighted by molar-refractivity contribution is 7.89. The molecule has 1 spiro atoms. The van der Waals surface area contributed by atoms with Crippen LogP contribution in [0.3, 0.4) is 0 Å². The van der Waals surface area contributed by atoms with Crippen LogP contribution in [-0.4, -0.2) is 30.9 Å². The lowest BCUT2D eigenvalue weighted by atomic mass is 9.44. The zero-order chi connectivity index (χ0) is 26.7. The minimum absolute atomic E-state index is 0.154. The normalized spacial score (nSPS) is 35.1. The minimum atomic E-state index is -4.22. The number of sulfonamides is 1. The van der Waals surface area contributed by atoms with Gasteiger partial charge in [-0.05, 0) is 86.6 Å². The molecule has 0 atom stereocenters. The summed E-state index contributed by atoms with van der Waals surface area (Å²) in [4.78, 5) is 29.7. The van der Waals surface area contributed by atoms with E-state index in [4.69, 9.17) is 31.9 Å². The van der Waals surface area contributed by atoms with Crippen LogP contribution in [0.4, 0.5) is 0 Å². The molecule has 200 valence electrons. The molecule has 0 saturated heterocycles. The second kappa shape index (κ2) is 7.38. The number of carbonyl (C=O) groups excluding carboxylic acids is 2. The Morgan fingerprint density at radius 2 is 1.74 bits per heavy atom. The highest BCUT2D eigenvalue weighted by Crippen LogP contribution is 2.65. The second-order valence-corrected chi connectivity index (χ2v) is 14.0. The standard InChI is InChI=1S/C25H26ClN5O6S/c26-14-1-2-16-15(5-14)29-21(37-16)24(27)9-22(10-24)11-25(28,12-22)30-19(32)17-3-4-18(36-17)38(34,35)31-20(33)23-6-13(7-23)8-23/h1-5,13H,6-12,27-28H2,(H,30,32)(H,31,33)/t13?,22?,23?,24-,25-. The van der Waals surface area contributed by atoms with Gasteiger partial charge in [-0.3, -0.25) is 9.59 Å². The maximum absolute atomic E-state index is 12.8. The zero-order valence-corrected chi connectivity index (χ0v) is 21.8. The Morgan fingerprint density at radius 1 is 1.03 bits per heavy atom. The Kier molecular flexibility index (Phi) is 4.69. The fourth-order valence-corrected chi connectivity index (χ4v) is 8.26. The first-order valence-electron chi connectivity index (χ1n) is 12.4. The fraction of sp³-hybridized carbons (Fsp3) is 0.480. The molecule has 0 radical (unpaired) electrons. The van der Waals surface area contributed by atoms with Crippen LogP contribution < -0.4 is 21.5 Å². The van der Waals surface area contributed by atoms with Crippen LogP contribution in [0.25, 0.3) is 11.1 Å². The predicted octanol–water partition coefficient (Wildman–Crippen LogP) is 2.49. The van der Waals surface area contributed by atoms with Crippen LogP contribution in [0.15, 0.2) is 44.3 Å². The van der Waals surface area contributed by atoms with Gasteiger partial charge in [0.15, 0.2) is 11.3 Å². The van der Waals surface area contributed by atoms with Gasteiger partial charge < -0.3 is 25.6 Å². The Balaban J connectivity index is 0.970. The van der Waals surface area contributed by atoms with Crippen LogP contribution in [0.1, 0.15) is 61.4 Å². The highest BCUT2D eigenvalue weighted by atomic mass is 35.5. The molecule has 13 heteroatoms. The van der Waals surface area contributed by atoms with Crippen molar-refractivity contribution in [2.24, 2.45) is 28.2 Å². The summed E-state index contributed by atoms with van der Waals surface area (Å²) in [5.41, 5.74) is 11.8. The summed E-state index contributed by atoms with van der Waals surface area (Å²) >= 11 is 6.04. The largest absolute Gasteiger partial charge is 0.439 e. The first-order valence-corrected chi connectivity index (χ1v) is 14.3. The van der Waals surface area contributed by atoms with Crippen molar-refractivity contribution in [3.63, 3.8) is 0 Å². The number of halogens is 1. The van der Waals surface area contributed by atoms with Gasteiger partial charge in [0.1, 0.15) is 5.52 Å². The van der Waals surface area contributed by atoms with Crippen LogP contribution >= 0.6 is 11.6 Å². The number of oxazole rings is 1. The SMILES string of the molecule is N[C@]1(NC(=O)c2ccc(S(=O)(=O)NC(=O)C34CC(C3)C4)o2)CC2(C1)C[C@](N)(c1nc3cc(Cl)ccc3o1)C2. The summed E-state index contributed by atoms with van der Waals surface area (Å²) in [7, 11) is -4.22. The predicted molar refractivity (Wildman–Crippen MR) is 134 cm³/mol. The van der Waals surface area contributed by atoms with E-state index in [9.17, 15) is 18.0 Å². The third kappa shape index (κ3) is 3.54. The number of amides is 2. The van der Waals surface area contributed by atoms with Gasteiger partial charge >= 0.3 is 0 Å². The van der Waals surface area contributed by atoms with Gasteiger partial charge in [-0.1, -0.05) is 11.6 Å². The van der Waals surface area contributed by atoms with Crippen molar-refractivity contribution < 1.29 is 26.8 Å². The number of hydrogen-bond donors (Lipinski definition) is 4. The molecule has 5 aliphatic carbocycles. The van der Waals surface area contributed by atoms with E-state index in [2.05, 4.69) is 15.0 Å². The minimum Gasteiger partial charge on any atom is -0.439 e. The average Bonchev–Trinajstić information content (AvgIpc) is 3.36. The molecule has 0 unspecified atom stereocenters. The van der Waals surface area contributed by atoms with Gasteiger partial charge in [0.05, 0.1) is 16.6 Å². The number of nitrogens with one attached hydrogen (secondary N) is 2. The van der Waals surface area contributed by atoms with Crippen molar-refractivity contribution in [2.45, 2.75) is 61.2 Å². The Morgan fingerprint density at radius 3 is 2.39 bits per heavy atom. The monoisotopic (exact) mass is 559 g/mol. The van der Waals surface area contributed by atoms with E-state index in [-0.39, 0.29) is 11.2 Å².